The standard InChI is InChI=1S/C22H20N2O3S2/c1-3-22(26,4-2)19-13-24-21(29-19)28-15-7-8-16-17(14-6-5-9-23-12-14)11-20(25)27-18(16)10-15/h5-13,26H,3-4H2,1-2H3. The van der Waals surface area contributed by atoms with Crippen molar-refractivity contribution in [2.75, 3.05) is 0 Å². The van der Waals surface area contributed by atoms with Gasteiger partial charge in [-0.15, -0.1) is 11.3 Å². The lowest BCUT2D eigenvalue weighted by molar-refractivity contribution is 0.0319. The van der Waals surface area contributed by atoms with Gasteiger partial charge >= 0.3 is 5.63 Å². The van der Waals surface area contributed by atoms with Crippen LogP contribution in [0.15, 0.2) is 73.4 Å². The van der Waals surface area contributed by atoms with Crippen molar-refractivity contribution < 1.29 is 9.52 Å². The number of hydrogen-bond donors (Lipinski definition) is 1. The summed E-state index contributed by atoms with van der Waals surface area (Å²) in [4.78, 5) is 22.5. The quantitative estimate of drug-likeness (QED) is 0.414. The fraction of sp³-hybridized carbons (Fsp3) is 0.227. The Morgan fingerprint density at radius 3 is 2.72 bits per heavy atom. The maximum Gasteiger partial charge on any atom is 0.336 e. The highest BCUT2D eigenvalue weighted by molar-refractivity contribution is 8.01. The normalized spacial score (nSPS) is 11.8. The van der Waals surface area contributed by atoms with Gasteiger partial charge in [0, 0.05) is 46.1 Å². The van der Waals surface area contributed by atoms with E-state index in [1.54, 1.807) is 18.6 Å². The van der Waals surface area contributed by atoms with E-state index in [1.807, 2.05) is 44.2 Å². The minimum absolute atomic E-state index is 0.397. The molecule has 0 aliphatic rings. The minimum Gasteiger partial charge on any atom is -0.423 e. The smallest absolute Gasteiger partial charge is 0.336 e. The van der Waals surface area contributed by atoms with E-state index < -0.39 is 11.2 Å². The fourth-order valence-electron chi connectivity index (χ4n) is 3.19. The van der Waals surface area contributed by atoms with Gasteiger partial charge in [0.1, 0.15) is 5.58 Å². The number of fused-ring (bicyclic) bond motifs is 1. The van der Waals surface area contributed by atoms with E-state index in [2.05, 4.69) is 9.97 Å². The highest BCUT2D eigenvalue weighted by Crippen LogP contribution is 2.39. The largest absolute Gasteiger partial charge is 0.423 e. The minimum atomic E-state index is -0.828. The zero-order chi connectivity index (χ0) is 20.4. The van der Waals surface area contributed by atoms with E-state index in [-0.39, 0.29) is 0 Å². The molecule has 0 aliphatic heterocycles. The van der Waals surface area contributed by atoms with E-state index >= 15 is 0 Å². The van der Waals surface area contributed by atoms with Gasteiger partial charge in [-0.3, -0.25) is 4.98 Å². The van der Waals surface area contributed by atoms with Crippen LogP contribution in [0.25, 0.3) is 22.1 Å². The lowest BCUT2D eigenvalue weighted by Crippen LogP contribution is -2.21. The Hall–Kier alpha value is -2.48. The van der Waals surface area contributed by atoms with Gasteiger partial charge in [-0.05, 0) is 37.1 Å². The lowest BCUT2D eigenvalue weighted by atomic mass is 9.96. The van der Waals surface area contributed by atoms with Crippen molar-refractivity contribution in [1.29, 1.82) is 0 Å². The first-order valence-corrected chi connectivity index (χ1v) is 11.0. The van der Waals surface area contributed by atoms with E-state index in [1.165, 1.54) is 29.2 Å². The second-order valence-corrected chi connectivity index (χ2v) is 9.06. The second kappa shape index (κ2) is 8.10. The molecule has 0 unspecified atom stereocenters. The van der Waals surface area contributed by atoms with Gasteiger partial charge in [-0.1, -0.05) is 31.7 Å². The van der Waals surface area contributed by atoms with Crippen molar-refractivity contribution in [3.05, 3.63) is 70.3 Å². The molecular weight excluding hydrogens is 404 g/mol. The predicted molar refractivity (Wildman–Crippen MR) is 116 cm³/mol. The van der Waals surface area contributed by atoms with Gasteiger partial charge in [0.2, 0.25) is 0 Å². The molecule has 29 heavy (non-hydrogen) atoms. The van der Waals surface area contributed by atoms with Crippen LogP contribution in [0.5, 0.6) is 0 Å². The molecule has 0 amide bonds. The summed E-state index contributed by atoms with van der Waals surface area (Å²) in [5.41, 5.74) is 0.968. The Kier molecular flexibility index (Phi) is 5.54. The van der Waals surface area contributed by atoms with Crippen LogP contribution in [0.2, 0.25) is 0 Å². The van der Waals surface area contributed by atoms with E-state index in [4.69, 9.17) is 4.42 Å². The van der Waals surface area contributed by atoms with Gasteiger partial charge in [-0.2, -0.15) is 0 Å². The number of rotatable bonds is 6. The van der Waals surface area contributed by atoms with Crippen LogP contribution in [0.4, 0.5) is 0 Å². The molecule has 148 valence electrons. The van der Waals surface area contributed by atoms with Gasteiger partial charge in [-0.25, -0.2) is 9.78 Å². The van der Waals surface area contributed by atoms with Crippen LogP contribution in [0.1, 0.15) is 31.6 Å². The molecule has 4 aromatic rings. The molecule has 4 rings (SSSR count). The van der Waals surface area contributed by atoms with Crippen molar-refractivity contribution in [3.8, 4) is 11.1 Å². The third kappa shape index (κ3) is 3.99. The number of benzene rings is 1. The van der Waals surface area contributed by atoms with Crippen molar-refractivity contribution in [2.24, 2.45) is 0 Å². The Morgan fingerprint density at radius 2 is 2.00 bits per heavy atom. The molecule has 7 heteroatoms. The molecular formula is C22H20N2O3S2. The molecule has 0 saturated heterocycles. The summed E-state index contributed by atoms with van der Waals surface area (Å²) < 4.78 is 6.29. The molecule has 0 saturated carbocycles. The fourth-order valence-corrected chi connectivity index (χ4v) is 5.40. The topological polar surface area (TPSA) is 76.2 Å². The zero-order valence-corrected chi connectivity index (χ0v) is 17.7. The van der Waals surface area contributed by atoms with Crippen LogP contribution in [-0.4, -0.2) is 15.1 Å². The summed E-state index contributed by atoms with van der Waals surface area (Å²) in [6, 6.07) is 11.0. The Bertz CT molecular complexity index is 1200. The molecule has 0 aliphatic carbocycles. The number of hydrogen-bond acceptors (Lipinski definition) is 7. The molecule has 1 aromatic carbocycles. The lowest BCUT2D eigenvalue weighted by Gasteiger charge is -2.22. The first-order valence-electron chi connectivity index (χ1n) is 9.37. The van der Waals surface area contributed by atoms with Crippen LogP contribution in [-0.2, 0) is 5.60 Å². The van der Waals surface area contributed by atoms with Gasteiger partial charge in [0.05, 0.1) is 10.5 Å². The van der Waals surface area contributed by atoms with Crippen molar-refractivity contribution in [1.82, 2.24) is 9.97 Å². The number of aromatic nitrogens is 2. The third-order valence-corrected chi connectivity index (χ3v) is 7.26. The first-order chi connectivity index (χ1) is 14.0. The van der Waals surface area contributed by atoms with Crippen LogP contribution in [0, 0.1) is 0 Å². The number of thiazole rings is 1. The monoisotopic (exact) mass is 424 g/mol. The highest BCUT2D eigenvalue weighted by atomic mass is 32.2. The van der Waals surface area contributed by atoms with Crippen molar-refractivity contribution >= 4 is 34.1 Å². The Morgan fingerprint density at radius 1 is 1.17 bits per heavy atom. The maximum atomic E-state index is 12.1. The zero-order valence-electron chi connectivity index (χ0n) is 16.1. The highest BCUT2D eigenvalue weighted by Gasteiger charge is 2.27. The average Bonchev–Trinajstić information content (AvgIpc) is 3.22. The third-order valence-electron chi connectivity index (χ3n) is 5.01. The summed E-state index contributed by atoms with van der Waals surface area (Å²) in [5, 5.41) is 11.6. The molecule has 5 nitrogen and oxygen atoms in total. The number of aliphatic hydroxyl groups is 1. The second-order valence-electron chi connectivity index (χ2n) is 6.71. The maximum absolute atomic E-state index is 12.1. The summed E-state index contributed by atoms with van der Waals surface area (Å²) in [5.74, 6) is 0. The summed E-state index contributed by atoms with van der Waals surface area (Å²) in [7, 11) is 0. The van der Waals surface area contributed by atoms with E-state index in [0.29, 0.717) is 18.4 Å². The molecule has 1 N–H and O–H groups in total. The summed E-state index contributed by atoms with van der Waals surface area (Å²) in [6.07, 6.45) is 6.48. The first kappa shape index (κ1) is 19.8. The Balaban J connectivity index is 1.69. The summed E-state index contributed by atoms with van der Waals surface area (Å²) >= 11 is 2.98. The molecule has 0 spiro atoms. The Labute approximate surface area is 176 Å². The summed E-state index contributed by atoms with van der Waals surface area (Å²) in [6.45, 7) is 3.95. The molecule has 0 radical (unpaired) electrons. The predicted octanol–water partition coefficient (Wildman–Crippen LogP) is 5.47. The SMILES string of the molecule is CCC(O)(CC)c1cnc(Sc2ccc3c(-c4cccnc4)cc(=O)oc3c2)s1. The average molecular weight is 425 g/mol. The van der Waals surface area contributed by atoms with Crippen LogP contribution < -0.4 is 5.63 Å². The molecule has 3 aromatic heterocycles. The van der Waals surface area contributed by atoms with Crippen LogP contribution >= 0.6 is 23.1 Å². The molecule has 0 bridgehead atoms. The molecule has 0 fully saturated rings. The molecule has 0 atom stereocenters. The van der Waals surface area contributed by atoms with Crippen molar-refractivity contribution in [2.45, 2.75) is 41.5 Å². The van der Waals surface area contributed by atoms with E-state index in [0.717, 1.165) is 30.6 Å². The van der Waals surface area contributed by atoms with E-state index in [9.17, 15) is 9.90 Å². The van der Waals surface area contributed by atoms with Crippen molar-refractivity contribution in [3.63, 3.8) is 0 Å². The van der Waals surface area contributed by atoms with Gasteiger partial charge in [0.15, 0.2) is 4.34 Å². The van der Waals surface area contributed by atoms with Gasteiger partial charge in [0.25, 0.3) is 0 Å². The van der Waals surface area contributed by atoms with Gasteiger partial charge < -0.3 is 9.52 Å². The molecule has 3 heterocycles. The van der Waals surface area contributed by atoms with Crippen LogP contribution in [0.3, 0.4) is 0 Å². The number of nitrogens with zero attached hydrogens (tertiary/aromatic N) is 2. The number of pyridine rings is 1.